The van der Waals surface area contributed by atoms with Crippen molar-refractivity contribution < 1.29 is 14.3 Å². The Morgan fingerprint density at radius 2 is 2.33 bits per heavy atom. The Morgan fingerprint density at radius 3 is 2.78 bits per heavy atom. The van der Waals surface area contributed by atoms with Crippen molar-refractivity contribution in [2.75, 3.05) is 0 Å². The molecule has 9 heavy (non-hydrogen) atoms. The second-order valence-electron chi connectivity index (χ2n) is 1.20. The quantitative estimate of drug-likeness (QED) is 0.325. The standard InChI is InChI=1S/C5H7NO3/c1-5(8)9-3-2-6-4-7/h2-4H,1H3,(H,6,7). The number of amides is 1. The maximum absolute atomic E-state index is 10.0. The fourth-order valence-corrected chi connectivity index (χ4v) is 0.208. The van der Waals surface area contributed by atoms with E-state index in [1.54, 1.807) is 0 Å². The zero-order valence-corrected chi connectivity index (χ0v) is 4.96. The Labute approximate surface area is 52.5 Å². The van der Waals surface area contributed by atoms with Crippen LogP contribution in [-0.4, -0.2) is 12.4 Å². The van der Waals surface area contributed by atoms with E-state index in [2.05, 4.69) is 10.1 Å². The lowest BCUT2D eigenvalue weighted by atomic mass is 10.8. The molecule has 0 aromatic carbocycles. The molecule has 0 saturated heterocycles. The van der Waals surface area contributed by atoms with Crippen LogP contribution in [0.2, 0.25) is 0 Å². The second-order valence-corrected chi connectivity index (χ2v) is 1.20. The van der Waals surface area contributed by atoms with E-state index in [0.29, 0.717) is 6.41 Å². The van der Waals surface area contributed by atoms with E-state index in [1.807, 2.05) is 0 Å². The summed E-state index contributed by atoms with van der Waals surface area (Å²) in [6.07, 6.45) is 2.78. The summed E-state index contributed by atoms with van der Waals surface area (Å²) in [6, 6.07) is 0. The van der Waals surface area contributed by atoms with Crippen molar-refractivity contribution >= 4 is 12.4 Å². The molecule has 0 aromatic heterocycles. The van der Waals surface area contributed by atoms with Crippen LogP contribution in [0.1, 0.15) is 6.92 Å². The molecule has 50 valence electrons. The first-order valence-electron chi connectivity index (χ1n) is 2.29. The van der Waals surface area contributed by atoms with Gasteiger partial charge in [-0.05, 0) is 0 Å². The molecule has 0 aliphatic carbocycles. The van der Waals surface area contributed by atoms with Crippen LogP contribution in [0.25, 0.3) is 0 Å². The monoisotopic (exact) mass is 129 g/mol. The minimum Gasteiger partial charge on any atom is -0.433 e. The zero-order valence-electron chi connectivity index (χ0n) is 4.96. The number of rotatable bonds is 3. The van der Waals surface area contributed by atoms with E-state index < -0.39 is 5.97 Å². The van der Waals surface area contributed by atoms with Crippen LogP contribution in [0.3, 0.4) is 0 Å². The van der Waals surface area contributed by atoms with Gasteiger partial charge in [-0.2, -0.15) is 0 Å². The van der Waals surface area contributed by atoms with Gasteiger partial charge in [0.2, 0.25) is 6.41 Å². The van der Waals surface area contributed by atoms with E-state index in [-0.39, 0.29) is 0 Å². The highest BCUT2D eigenvalue weighted by molar-refractivity contribution is 5.66. The molecule has 0 aromatic rings. The number of hydrogen-bond donors (Lipinski definition) is 1. The molecule has 0 atom stereocenters. The van der Waals surface area contributed by atoms with Gasteiger partial charge in [-0.15, -0.1) is 0 Å². The summed E-state index contributed by atoms with van der Waals surface area (Å²) in [4.78, 5) is 19.6. The van der Waals surface area contributed by atoms with Gasteiger partial charge in [-0.1, -0.05) is 0 Å². The summed E-state index contributed by atoms with van der Waals surface area (Å²) in [5.41, 5.74) is 0. The van der Waals surface area contributed by atoms with Crippen molar-refractivity contribution in [3.8, 4) is 0 Å². The van der Waals surface area contributed by atoms with Gasteiger partial charge in [-0.3, -0.25) is 9.59 Å². The second kappa shape index (κ2) is 4.83. The smallest absolute Gasteiger partial charge is 0.307 e. The molecule has 0 radical (unpaired) electrons. The highest BCUT2D eigenvalue weighted by Crippen LogP contribution is 1.74. The Bertz CT molecular complexity index is 130. The molecule has 4 nitrogen and oxygen atoms in total. The molecule has 0 aliphatic heterocycles. The fourth-order valence-electron chi connectivity index (χ4n) is 0.208. The third kappa shape index (κ3) is 6.68. The molecule has 0 heterocycles. The van der Waals surface area contributed by atoms with Crippen molar-refractivity contribution in [2.24, 2.45) is 0 Å². The third-order valence-electron chi connectivity index (χ3n) is 0.466. The van der Waals surface area contributed by atoms with Crippen molar-refractivity contribution in [1.82, 2.24) is 5.32 Å². The third-order valence-corrected chi connectivity index (χ3v) is 0.466. The van der Waals surface area contributed by atoms with Crippen molar-refractivity contribution in [1.29, 1.82) is 0 Å². The molecule has 0 bridgehead atoms. The molecule has 4 heteroatoms. The Kier molecular flexibility index (Phi) is 4.12. The number of esters is 1. The first-order valence-corrected chi connectivity index (χ1v) is 2.29. The Hall–Kier alpha value is -1.32. The first-order chi connectivity index (χ1) is 4.27. The number of nitrogens with one attached hydrogen (secondary N) is 1. The number of carbonyl (C=O) groups is 2. The van der Waals surface area contributed by atoms with Crippen molar-refractivity contribution in [3.63, 3.8) is 0 Å². The van der Waals surface area contributed by atoms with Crippen LogP contribution < -0.4 is 5.32 Å². The summed E-state index contributed by atoms with van der Waals surface area (Å²) in [6.45, 7) is 1.27. The van der Waals surface area contributed by atoms with Gasteiger partial charge in [0.25, 0.3) is 0 Å². The van der Waals surface area contributed by atoms with Gasteiger partial charge >= 0.3 is 5.97 Å². The Morgan fingerprint density at radius 1 is 1.67 bits per heavy atom. The number of hydrogen-bond acceptors (Lipinski definition) is 3. The van der Waals surface area contributed by atoms with Gasteiger partial charge in [0, 0.05) is 13.1 Å². The normalized spacial score (nSPS) is 9.00. The van der Waals surface area contributed by atoms with E-state index >= 15 is 0 Å². The molecule has 0 spiro atoms. The largest absolute Gasteiger partial charge is 0.433 e. The molecule has 0 fully saturated rings. The molecule has 0 aliphatic rings. The van der Waals surface area contributed by atoms with Crippen molar-refractivity contribution in [2.45, 2.75) is 6.92 Å². The summed E-state index contributed by atoms with van der Waals surface area (Å²) >= 11 is 0. The fraction of sp³-hybridized carbons (Fsp3) is 0.200. The predicted molar refractivity (Wildman–Crippen MR) is 30.1 cm³/mol. The highest BCUT2D eigenvalue weighted by atomic mass is 16.5. The highest BCUT2D eigenvalue weighted by Gasteiger charge is 1.81. The maximum Gasteiger partial charge on any atom is 0.307 e. The summed E-state index contributed by atoms with van der Waals surface area (Å²) in [5.74, 6) is -0.418. The Balaban J connectivity index is 3.24. The van der Waals surface area contributed by atoms with E-state index in [4.69, 9.17) is 0 Å². The molecular formula is C5H7NO3. The summed E-state index contributed by atoms with van der Waals surface area (Å²) in [7, 11) is 0. The van der Waals surface area contributed by atoms with Crippen LogP contribution in [0.15, 0.2) is 12.5 Å². The number of ether oxygens (including phenoxy) is 1. The van der Waals surface area contributed by atoms with E-state index in [0.717, 1.165) is 6.26 Å². The minimum absolute atomic E-state index is 0.418. The van der Waals surface area contributed by atoms with Crippen LogP contribution in [-0.2, 0) is 14.3 Å². The maximum atomic E-state index is 10.0. The predicted octanol–water partition coefficient (Wildman–Crippen LogP) is -0.233. The van der Waals surface area contributed by atoms with Crippen LogP contribution in [0, 0.1) is 0 Å². The van der Waals surface area contributed by atoms with Gasteiger partial charge < -0.3 is 10.1 Å². The lowest BCUT2D eigenvalue weighted by molar-refractivity contribution is -0.135. The molecule has 1 N–H and O–H groups in total. The summed E-state index contributed by atoms with van der Waals surface area (Å²) in [5, 5.41) is 2.17. The summed E-state index contributed by atoms with van der Waals surface area (Å²) < 4.78 is 4.30. The average molecular weight is 129 g/mol. The van der Waals surface area contributed by atoms with E-state index in [9.17, 15) is 9.59 Å². The lowest BCUT2D eigenvalue weighted by Crippen LogP contribution is -2.00. The first kappa shape index (κ1) is 7.68. The molecule has 1 amide bonds. The van der Waals surface area contributed by atoms with Gasteiger partial charge in [0.1, 0.15) is 6.26 Å². The van der Waals surface area contributed by atoms with Gasteiger partial charge in [-0.25, -0.2) is 0 Å². The lowest BCUT2D eigenvalue weighted by Gasteiger charge is -1.87. The van der Waals surface area contributed by atoms with Gasteiger partial charge in [0.05, 0.1) is 0 Å². The van der Waals surface area contributed by atoms with Crippen molar-refractivity contribution in [3.05, 3.63) is 12.5 Å². The van der Waals surface area contributed by atoms with Crippen LogP contribution >= 0.6 is 0 Å². The van der Waals surface area contributed by atoms with Crippen LogP contribution in [0.4, 0.5) is 0 Å². The molecule has 0 saturated carbocycles. The topological polar surface area (TPSA) is 55.4 Å². The molecule has 0 rings (SSSR count). The molecular weight excluding hydrogens is 122 g/mol. The van der Waals surface area contributed by atoms with Crippen LogP contribution in [0.5, 0.6) is 0 Å². The average Bonchev–Trinajstić information content (AvgIpc) is 1.80. The van der Waals surface area contributed by atoms with Gasteiger partial charge in [0.15, 0.2) is 0 Å². The van der Waals surface area contributed by atoms with E-state index in [1.165, 1.54) is 13.1 Å². The minimum atomic E-state index is -0.418. The molecule has 0 unspecified atom stereocenters. The SMILES string of the molecule is CC(=O)OC=CNC=O. The zero-order chi connectivity index (χ0) is 7.11. The number of carbonyl (C=O) groups excluding carboxylic acids is 2.